The first kappa shape index (κ1) is 17.9. The highest BCUT2D eigenvalue weighted by molar-refractivity contribution is 5.80. The Kier molecular flexibility index (Phi) is 3.94. The Balaban J connectivity index is 1.57. The summed E-state index contributed by atoms with van der Waals surface area (Å²) in [6.07, 6.45) is 2.47. The van der Waals surface area contributed by atoms with Crippen molar-refractivity contribution in [3.05, 3.63) is 17.5 Å². The lowest BCUT2D eigenvalue weighted by molar-refractivity contribution is -0.151. The molecule has 0 unspecified atom stereocenters. The molecular formula is C19H26F3N3O. The Morgan fingerprint density at radius 1 is 1.23 bits per heavy atom. The van der Waals surface area contributed by atoms with Gasteiger partial charge in [-0.25, -0.2) is 0 Å². The summed E-state index contributed by atoms with van der Waals surface area (Å²) in [6, 6.07) is 0.276. The smallest absolute Gasteiger partial charge is 0.338 e. The standard InChI is InChI=1S/C19H26F3N3O/c1-11-4-16(19(20,21)22)23-25(11)12(2)17(26)24(3)18-8-13-5-14(9-18)7-15(6-13)10-18/h4,12-15H,5-10H2,1-3H3/t12-,13?,14?,15?,18?/m0/s1. The quantitative estimate of drug-likeness (QED) is 0.801. The van der Waals surface area contributed by atoms with Crippen LogP contribution in [0, 0.1) is 24.7 Å². The number of alkyl halides is 3. The van der Waals surface area contributed by atoms with Crippen molar-refractivity contribution >= 4 is 5.91 Å². The highest BCUT2D eigenvalue weighted by Crippen LogP contribution is 2.57. The molecular weight excluding hydrogens is 343 g/mol. The normalized spacial score (nSPS) is 34.2. The Hall–Kier alpha value is -1.53. The van der Waals surface area contributed by atoms with E-state index in [0.717, 1.165) is 25.3 Å². The summed E-state index contributed by atoms with van der Waals surface area (Å²) in [5.74, 6) is 1.98. The summed E-state index contributed by atoms with van der Waals surface area (Å²) in [6.45, 7) is 3.22. The summed E-state index contributed by atoms with van der Waals surface area (Å²) in [7, 11) is 1.84. The van der Waals surface area contributed by atoms with Gasteiger partial charge in [0.2, 0.25) is 5.91 Å². The minimum atomic E-state index is -4.50. The van der Waals surface area contributed by atoms with Gasteiger partial charge >= 0.3 is 6.18 Å². The maximum absolute atomic E-state index is 13.2. The molecule has 0 aromatic carbocycles. The third-order valence-electron chi connectivity index (χ3n) is 6.99. The molecule has 4 bridgehead atoms. The lowest BCUT2D eigenvalue weighted by Gasteiger charge is -2.60. The van der Waals surface area contributed by atoms with E-state index in [-0.39, 0.29) is 11.4 Å². The lowest BCUT2D eigenvalue weighted by Crippen LogP contribution is -2.61. The molecule has 0 radical (unpaired) electrons. The van der Waals surface area contributed by atoms with Crippen LogP contribution in [-0.4, -0.2) is 33.2 Å². The minimum Gasteiger partial charge on any atom is -0.338 e. The molecule has 4 nitrogen and oxygen atoms in total. The van der Waals surface area contributed by atoms with E-state index in [2.05, 4.69) is 5.10 Å². The predicted octanol–water partition coefficient (Wildman–Crippen LogP) is 4.20. The SMILES string of the molecule is Cc1cc(C(F)(F)F)nn1[C@@H](C)C(=O)N(C)C12CC3CC(CC(C3)C1)C2. The second-order valence-electron chi connectivity index (χ2n) is 8.83. The van der Waals surface area contributed by atoms with Crippen molar-refractivity contribution in [3.8, 4) is 0 Å². The Bertz CT molecular complexity index is 689. The van der Waals surface area contributed by atoms with Crippen molar-refractivity contribution in [3.63, 3.8) is 0 Å². The van der Waals surface area contributed by atoms with Crippen molar-refractivity contribution in [2.45, 2.75) is 70.1 Å². The maximum Gasteiger partial charge on any atom is 0.435 e. The van der Waals surface area contributed by atoms with Crippen LogP contribution in [0.25, 0.3) is 0 Å². The van der Waals surface area contributed by atoms with Gasteiger partial charge in [-0.15, -0.1) is 0 Å². The minimum absolute atomic E-state index is 0.103. The van der Waals surface area contributed by atoms with Crippen LogP contribution in [0.15, 0.2) is 6.07 Å². The van der Waals surface area contributed by atoms with Crippen LogP contribution in [0.2, 0.25) is 0 Å². The van der Waals surface area contributed by atoms with Crippen LogP contribution in [0.3, 0.4) is 0 Å². The van der Waals surface area contributed by atoms with Crippen molar-refractivity contribution in [1.82, 2.24) is 14.7 Å². The molecule has 1 aromatic rings. The summed E-state index contributed by atoms with van der Waals surface area (Å²) in [5.41, 5.74) is -0.683. The van der Waals surface area contributed by atoms with Crippen molar-refractivity contribution in [2.24, 2.45) is 17.8 Å². The number of amides is 1. The molecule has 0 saturated heterocycles. The van der Waals surface area contributed by atoms with E-state index in [1.165, 1.54) is 23.9 Å². The first-order chi connectivity index (χ1) is 12.1. The van der Waals surface area contributed by atoms with E-state index >= 15 is 0 Å². The molecule has 0 spiro atoms. The third kappa shape index (κ3) is 2.74. The van der Waals surface area contributed by atoms with Gasteiger partial charge in [0.25, 0.3) is 0 Å². The average molecular weight is 369 g/mol. The zero-order chi connectivity index (χ0) is 18.9. The number of hydrogen-bond acceptors (Lipinski definition) is 2. The first-order valence-electron chi connectivity index (χ1n) is 9.50. The molecule has 4 aliphatic carbocycles. The van der Waals surface area contributed by atoms with Crippen molar-refractivity contribution < 1.29 is 18.0 Å². The number of halogens is 3. The summed E-state index contributed by atoms with van der Waals surface area (Å²) in [4.78, 5) is 15.0. The lowest BCUT2D eigenvalue weighted by atomic mass is 9.52. The molecule has 4 saturated carbocycles. The van der Waals surface area contributed by atoms with Gasteiger partial charge in [0.15, 0.2) is 5.69 Å². The Labute approximate surface area is 151 Å². The predicted molar refractivity (Wildman–Crippen MR) is 90.4 cm³/mol. The molecule has 1 amide bonds. The molecule has 0 aliphatic heterocycles. The van der Waals surface area contributed by atoms with Gasteiger partial charge in [-0.1, -0.05) is 0 Å². The van der Waals surface area contributed by atoms with E-state index < -0.39 is 17.9 Å². The van der Waals surface area contributed by atoms with Gasteiger partial charge in [-0.2, -0.15) is 18.3 Å². The van der Waals surface area contributed by atoms with Crippen LogP contribution < -0.4 is 0 Å². The molecule has 1 aromatic heterocycles. The van der Waals surface area contributed by atoms with E-state index in [4.69, 9.17) is 0 Å². The van der Waals surface area contributed by atoms with E-state index in [1.807, 2.05) is 11.9 Å². The molecule has 1 atom stereocenters. The first-order valence-corrected chi connectivity index (χ1v) is 9.50. The number of rotatable bonds is 3. The molecule has 0 N–H and O–H groups in total. The highest BCUT2D eigenvalue weighted by Gasteiger charge is 2.54. The fraction of sp³-hybridized carbons (Fsp3) is 0.789. The molecule has 5 rings (SSSR count). The molecule has 26 heavy (non-hydrogen) atoms. The van der Waals surface area contributed by atoms with Gasteiger partial charge in [0.1, 0.15) is 6.04 Å². The number of hydrogen-bond donors (Lipinski definition) is 0. The topological polar surface area (TPSA) is 38.1 Å². The third-order valence-corrected chi connectivity index (χ3v) is 6.99. The van der Waals surface area contributed by atoms with Gasteiger partial charge in [-0.05, 0) is 76.2 Å². The maximum atomic E-state index is 13.2. The number of carbonyl (C=O) groups excluding carboxylic acids is 1. The summed E-state index contributed by atoms with van der Waals surface area (Å²) in [5, 5.41) is 3.67. The van der Waals surface area contributed by atoms with Gasteiger partial charge in [-0.3, -0.25) is 9.48 Å². The van der Waals surface area contributed by atoms with Crippen molar-refractivity contribution in [1.29, 1.82) is 0 Å². The Morgan fingerprint density at radius 3 is 2.15 bits per heavy atom. The largest absolute Gasteiger partial charge is 0.435 e. The number of carbonyl (C=O) groups is 1. The molecule has 4 fully saturated rings. The second kappa shape index (κ2) is 5.73. The summed E-state index contributed by atoms with van der Waals surface area (Å²) >= 11 is 0. The highest BCUT2D eigenvalue weighted by atomic mass is 19.4. The van der Waals surface area contributed by atoms with Crippen LogP contribution in [0.1, 0.15) is 62.9 Å². The number of aromatic nitrogens is 2. The van der Waals surface area contributed by atoms with Gasteiger partial charge in [0, 0.05) is 18.3 Å². The average Bonchev–Trinajstić information content (AvgIpc) is 2.93. The molecule has 1 heterocycles. The zero-order valence-electron chi connectivity index (χ0n) is 15.5. The number of aryl methyl sites for hydroxylation is 1. The van der Waals surface area contributed by atoms with E-state index in [0.29, 0.717) is 23.4 Å². The fourth-order valence-electron chi connectivity index (χ4n) is 6.11. The molecule has 7 heteroatoms. The Morgan fingerprint density at radius 2 is 1.73 bits per heavy atom. The number of likely N-dealkylation sites (N-methyl/N-ethyl adjacent to an activating group) is 1. The second-order valence-corrected chi connectivity index (χ2v) is 8.83. The van der Waals surface area contributed by atoms with Crippen molar-refractivity contribution in [2.75, 3.05) is 7.05 Å². The molecule has 4 aliphatic rings. The van der Waals surface area contributed by atoms with Gasteiger partial charge < -0.3 is 4.90 Å². The van der Waals surface area contributed by atoms with E-state index in [1.54, 1.807) is 13.8 Å². The van der Waals surface area contributed by atoms with E-state index in [9.17, 15) is 18.0 Å². The fourth-order valence-corrected chi connectivity index (χ4v) is 6.11. The monoisotopic (exact) mass is 369 g/mol. The van der Waals surface area contributed by atoms with Crippen LogP contribution >= 0.6 is 0 Å². The van der Waals surface area contributed by atoms with Crippen LogP contribution in [-0.2, 0) is 11.0 Å². The van der Waals surface area contributed by atoms with Crippen LogP contribution in [0.4, 0.5) is 13.2 Å². The van der Waals surface area contributed by atoms with Crippen LogP contribution in [0.5, 0.6) is 0 Å². The summed E-state index contributed by atoms with van der Waals surface area (Å²) < 4.78 is 40.0. The molecule has 144 valence electrons. The number of nitrogens with zero attached hydrogens (tertiary/aromatic N) is 3. The zero-order valence-corrected chi connectivity index (χ0v) is 15.5. The van der Waals surface area contributed by atoms with Gasteiger partial charge in [0.05, 0.1) is 0 Å².